The van der Waals surface area contributed by atoms with Gasteiger partial charge in [0.15, 0.2) is 0 Å². The van der Waals surface area contributed by atoms with Gasteiger partial charge in [0, 0.05) is 12.6 Å². The zero-order valence-electron chi connectivity index (χ0n) is 14.9. The third kappa shape index (κ3) is 4.60. The second-order valence-electron chi connectivity index (χ2n) is 6.65. The molecule has 0 bridgehead atoms. The van der Waals surface area contributed by atoms with Crippen LogP contribution in [-0.4, -0.2) is 31.4 Å². The first-order chi connectivity index (χ1) is 12.2. The fourth-order valence-electron chi connectivity index (χ4n) is 3.36. The highest BCUT2D eigenvalue weighted by molar-refractivity contribution is 5.31. The molecule has 3 rings (SSSR count). The molecular weight excluding hydrogens is 314 g/mol. The number of benzene rings is 2. The number of aliphatic hydroxyl groups is 1. The second kappa shape index (κ2) is 8.48. The van der Waals surface area contributed by atoms with Crippen LogP contribution in [0.4, 0.5) is 0 Å². The lowest BCUT2D eigenvalue weighted by molar-refractivity contribution is 0.0296. The minimum Gasteiger partial charge on any atom is -0.497 e. The topological polar surface area (TPSA) is 50.7 Å². The predicted octanol–water partition coefficient (Wildman–Crippen LogP) is 3.41. The fraction of sp³-hybridized carbons (Fsp3) is 0.429. The van der Waals surface area contributed by atoms with Gasteiger partial charge in [-0.05, 0) is 48.6 Å². The summed E-state index contributed by atoms with van der Waals surface area (Å²) in [5.41, 5.74) is 3.55. The van der Waals surface area contributed by atoms with Crippen LogP contribution in [0.15, 0.2) is 48.5 Å². The molecule has 0 fully saturated rings. The lowest BCUT2D eigenvalue weighted by atomic mass is 9.94. The summed E-state index contributed by atoms with van der Waals surface area (Å²) in [4.78, 5) is 0. The summed E-state index contributed by atoms with van der Waals surface area (Å²) < 4.78 is 11.2. The molecule has 0 amide bonds. The van der Waals surface area contributed by atoms with Gasteiger partial charge in [-0.3, -0.25) is 0 Å². The Kier molecular flexibility index (Phi) is 6.08. The van der Waals surface area contributed by atoms with Crippen LogP contribution in [0.25, 0.3) is 0 Å². The van der Waals surface area contributed by atoms with Gasteiger partial charge in [-0.2, -0.15) is 0 Å². The van der Waals surface area contributed by atoms with E-state index < -0.39 is 6.10 Å². The molecule has 134 valence electrons. The van der Waals surface area contributed by atoms with E-state index in [1.165, 1.54) is 11.1 Å². The van der Waals surface area contributed by atoms with Gasteiger partial charge in [0.05, 0.1) is 25.9 Å². The quantitative estimate of drug-likeness (QED) is 0.810. The van der Waals surface area contributed by atoms with Crippen molar-refractivity contribution in [2.24, 2.45) is 0 Å². The Balaban J connectivity index is 1.54. The third-order valence-corrected chi connectivity index (χ3v) is 4.80. The van der Waals surface area contributed by atoms with Crippen LogP contribution in [0.1, 0.15) is 42.2 Å². The Labute approximate surface area is 149 Å². The minimum atomic E-state index is -0.558. The van der Waals surface area contributed by atoms with Crippen molar-refractivity contribution in [2.75, 3.05) is 20.3 Å². The van der Waals surface area contributed by atoms with E-state index >= 15 is 0 Å². The van der Waals surface area contributed by atoms with E-state index in [9.17, 15) is 5.11 Å². The maximum absolute atomic E-state index is 10.4. The molecule has 3 unspecified atom stereocenters. The molecule has 25 heavy (non-hydrogen) atoms. The fourth-order valence-corrected chi connectivity index (χ4v) is 3.36. The summed E-state index contributed by atoms with van der Waals surface area (Å²) in [7, 11) is 1.63. The van der Waals surface area contributed by atoms with Crippen LogP contribution in [0.5, 0.6) is 5.75 Å². The monoisotopic (exact) mass is 341 g/mol. The highest BCUT2D eigenvalue weighted by Crippen LogP contribution is 2.30. The summed E-state index contributed by atoms with van der Waals surface area (Å²) in [6, 6.07) is 16.3. The second-order valence-corrected chi connectivity index (χ2v) is 6.65. The third-order valence-electron chi connectivity index (χ3n) is 4.80. The zero-order valence-corrected chi connectivity index (χ0v) is 14.9. The molecule has 0 saturated carbocycles. The van der Waals surface area contributed by atoms with Crippen molar-refractivity contribution >= 4 is 0 Å². The van der Waals surface area contributed by atoms with Crippen molar-refractivity contribution in [2.45, 2.75) is 38.0 Å². The predicted molar refractivity (Wildman–Crippen MR) is 98.9 cm³/mol. The molecule has 2 N–H and O–H groups in total. The number of ether oxygens (including phenoxy) is 2. The van der Waals surface area contributed by atoms with Crippen molar-refractivity contribution in [1.82, 2.24) is 5.32 Å². The highest BCUT2D eigenvalue weighted by atomic mass is 16.5. The van der Waals surface area contributed by atoms with Crippen molar-refractivity contribution in [1.29, 1.82) is 0 Å². The number of rotatable bonds is 7. The molecule has 3 atom stereocenters. The maximum atomic E-state index is 10.4. The SMILES string of the molecule is COc1cccc(C(O)CNC(C)CC2OCCc3ccccc32)c1. The molecule has 0 aliphatic carbocycles. The van der Waals surface area contributed by atoms with Crippen LogP contribution in [-0.2, 0) is 11.2 Å². The Morgan fingerprint density at radius 3 is 2.92 bits per heavy atom. The number of aliphatic hydroxyl groups excluding tert-OH is 1. The highest BCUT2D eigenvalue weighted by Gasteiger charge is 2.22. The first-order valence-electron chi connectivity index (χ1n) is 8.92. The molecule has 2 aromatic carbocycles. The largest absolute Gasteiger partial charge is 0.497 e. The lowest BCUT2D eigenvalue weighted by Gasteiger charge is -2.29. The summed E-state index contributed by atoms with van der Waals surface area (Å²) in [6.07, 6.45) is 1.45. The summed E-state index contributed by atoms with van der Waals surface area (Å²) in [5, 5.41) is 13.8. The average Bonchev–Trinajstić information content (AvgIpc) is 2.66. The van der Waals surface area contributed by atoms with E-state index in [0.717, 1.165) is 30.8 Å². The Morgan fingerprint density at radius 2 is 2.08 bits per heavy atom. The van der Waals surface area contributed by atoms with Crippen LogP contribution in [0.2, 0.25) is 0 Å². The van der Waals surface area contributed by atoms with Gasteiger partial charge in [0.2, 0.25) is 0 Å². The van der Waals surface area contributed by atoms with Crippen molar-refractivity contribution < 1.29 is 14.6 Å². The van der Waals surface area contributed by atoms with Crippen LogP contribution in [0, 0.1) is 0 Å². The first kappa shape index (κ1) is 17.9. The standard InChI is InChI=1S/C21H27NO3/c1-15(12-21-19-9-4-3-6-16(19)10-11-25-21)22-14-20(23)17-7-5-8-18(13-17)24-2/h3-9,13,15,20-23H,10-12,14H2,1-2H3. The number of fused-ring (bicyclic) bond motifs is 1. The maximum Gasteiger partial charge on any atom is 0.119 e. The van der Waals surface area contributed by atoms with Gasteiger partial charge in [-0.25, -0.2) is 0 Å². The van der Waals surface area contributed by atoms with Crippen molar-refractivity contribution in [3.63, 3.8) is 0 Å². The minimum absolute atomic E-state index is 0.126. The van der Waals surface area contributed by atoms with E-state index in [1.54, 1.807) is 7.11 Å². The van der Waals surface area contributed by atoms with Gasteiger partial charge in [-0.15, -0.1) is 0 Å². The Morgan fingerprint density at radius 1 is 1.24 bits per heavy atom. The number of hydrogen-bond donors (Lipinski definition) is 2. The molecule has 2 aromatic rings. The van der Waals surface area contributed by atoms with Gasteiger partial charge in [0.25, 0.3) is 0 Å². The van der Waals surface area contributed by atoms with Crippen molar-refractivity contribution in [3.05, 3.63) is 65.2 Å². The first-order valence-corrected chi connectivity index (χ1v) is 8.92. The van der Waals surface area contributed by atoms with Crippen LogP contribution in [0.3, 0.4) is 0 Å². The Bertz CT molecular complexity index is 688. The molecule has 0 saturated heterocycles. The summed E-state index contributed by atoms with van der Waals surface area (Å²) >= 11 is 0. The van der Waals surface area contributed by atoms with Crippen molar-refractivity contribution in [3.8, 4) is 5.75 Å². The zero-order chi connectivity index (χ0) is 17.6. The number of hydrogen-bond acceptors (Lipinski definition) is 4. The number of methoxy groups -OCH3 is 1. The van der Waals surface area contributed by atoms with Crippen LogP contribution < -0.4 is 10.1 Å². The molecule has 4 heteroatoms. The van der Waals surface area contributed by atoms with Gasteiger partial charge < -0.3 is 19.9 Å². The Hall–Kier alpha value is -1.88. The molecule has 0 aromatic heterocycles. The van der Waals surface area contributed by atoms with E-state index in [4.69, 9.17) is 9.47 Å². The smallest absolute Gasteiger partial charge is 0.119 e. The molecule has 4 nitrogen and oxygen atoms in total. The van der Waals surface area contributed by atoms with Gasteiger partial charge in [-0.1, -0.05) is 36.4 Å². The molecule has 1 aliphatic heterocycles. The molecule has 0 spiro atoms. The van der Waals surface area contributed by atoms with E-state index in [2.05, 4.69) is 36.5 Å². The lowest BCUT2D eigenvalue weighted by Crippen LogP contribution is -2.33. The molecule has 0 radical (unpaired) electrons. The number of nitrogens with one attached hydrogen (secondary N) is 1. The van der Waals surface area contributed by atoms with Crippen LogP contribution >= 0.6 is 0 Å². The molecule has 1 aliphatic rings. The molecule has 1 heterocycles. The van der Waals surface area contributed by atoms with Gasteiger partial charge in [0.1, 0.15) is 5.75 Å². The van der Waals surface area contributed by atoms with E-state index in [-0.39, 0.29) is 12.1 Å². The normalized spacial score (nSPS) is 19.1. The average molecular weight is 341 g/mol. The van der Waals surface area contributed by atoms with E-state index in [0.29, 0.717) is 6.54 Å². The van der Waals surface area contributed by atoms with Gasteiger partial charge >= 0.3 is 0 Å². The van der Waals surface area contributed by atoms with E-state index in [1.807, 2.05) is 24.3 Å². The summed E-state index contributed by atoms with van der Waals surface area (Å²) in [5.74, 6) is 0.761. The molecular formula is C21H27NO3. The summed E-state index contributed by atoms with van der Waals surface area (Å²) in [6.45, 7) is 3.42.